The number of thioether (sulfide) groups is 1. The van der Waals surface area contributed by atoms with Crippen molar-refractivity contribution in [3.63, 3.8) is 0 Å². The number of carbonyl (C=O) groups excluding carboxylic acids is 3. The Bertz CT molecular complexity index is 1360. The molecule has 0 radical (unpaired) electrons. The average molecular weight is 532 g/mol. The second kappa shape index (κ2) is 13.4. The van der Waals surface area contributed by atoms with Crippen LogP contribution in [-0.4, -0.2) is 57.0 Å². The van der Waals surface area contributed by atoms with Crippen LogP contribution in [0.1, 0.15) is 22.3 Å². The standard InChI is InChI=1S/C28H29N5O4S/c1-38-17-16-23(27(35)33-25-15-9-8-14-22(25)31-32-33)29-26(34)24(18-20-10-4-2-5-11-20)30-28(36)37-19-21-12-6-3-7-13-21/h2-15,23-24H,16-19H2,1H3,(H,29,34)(H,30,36)/t23?,24-/m0/s1. The Balaban J connectivity index is 1.50. The third-order valence-electron chi connectivity index (χ3n) is 5.89. The smallest absolute Gasteiger partial charge is 0.408 e. The molecule has 0 fully saturated rings. The van der Waals surface area contributed by atoms with Gasteiger partial charge in [-0.1, -0.05) is 78.0 Å². The second-order valence-electron chi connectivity index (χ2n) is 8.62. The maximum Gasteiger partial charge on any atom is 0.408 e. The predicted molar refractivity (Wildman–Crippen MR) is 147 cm³/mol. The van der Waals surface area contributed by atoms with Crippen LogP contribution in [0.25, 0.3) is 11.0 Å². The molecule has 1 aromatic heterocycles. The third kappa shape index (κ3) is 7.19. The van der Waals surface area contributed by atoms with E-state index in [0.29, 0.717) is 23.2 Å². The summed E-state index contributed by atoms with van der Waals surface area (Å²) in [6, 6.07) is 23.9. The van der Waals surface area contributed by atoms with E-state index >= 15 is 0 Å². The van der Waals surface area contributed by atoms with Gasteiger partial charge in [0.2, 0.25) is 5.91 Å². The van der Waals surface area contributed by atoms with E-state index < -0.39 is 30.0 Å². The van der Waals surface area contributed by atoms with Crippen molar-refractivity contribution in [3.8, 4) is 0 Å². The monoisotopic (exact) mass is 531 g/mol. The summed E-state index contributed by atoms with van der Waals surface area (Å²) < 4.78 is 6.56. The number of carbonyl (C=O) groups is 3. The van der Waals surface area contributed by atoms with E-state index in [1.807, 2.05) is 73.0 Å². The number of aromatic nitrogens is 3. The number of para-hydroxylation sites is 1. The number of nitrogens with zero attached hydrogens (tertiary/aromatic N) is 3. The van der Waals surface area contributed by atoms with Gasteiger partial charge in [0.15, 0.2) is 0 Å². The zero-order valence-electron chi connectivity index (χ0n) is 20.9. The molecule has 38 heavy (non-hydrogen) atoms. The van der Waals surface area contributed by atoms with Gasteiger partial charge in [-0.15, -0.1) is 5.10 Å². The SMILES string of the molecule is CSCCC(NC(=O)[C@H](Cc1ccccc1)NC(=O)OCc1ccccc1)C(=O)n1nnc2ccccc21. The van der Waals surface area contributed by atoms with Gasteiger partial charge in [0, 0.05) is 6.42 Å². The molecule has 196 valence electrons. The number of benzene rings is 3. The van der Waals surface area contributed by atoms with E-state index in [1.165, 1.54) is 4.68 Å². The lowest BCUT2D eigenvalue weighted by atomic mass is 10.0. The molecule has 2 atom stereocenters. The molecular weight excluding hydrogens is 502 g/mol. The lowest BCUT2D eigenvalue weighted by molar-refractivity contribution is -0.123. The van der Waals surface area contributed by atoms with Crippen molar-refractivity contribution in [2.45, 2.75) is 31.5 Å². The molecule has 0 aliphatic carbocycles. The average Bonchev–Trinajstić information content (AvgIpc) is 3.38. The number of hydrogen-bond donors (Lipinski definition) is 2. The zero-order valence-corrected chi connectivity index (χ0v) is 21.8. The lowest BCUT2D eigenvalue weighted by Crippen LogP contribution is -2.53. The Morgan fingerprint density at radius 2 is 1.53 bits per heavy atom. The number of hydrogen-bond acceptors (Lipinski definition) is 7. The summed E-state index contributed by atoms with van der Waals surface area (Å²) in [5, 5.41) is 13.6. The van der Waals surface area contributed by atoms with Gasteiger partial charge in [-0.25, -0.2) is 4.79 Å². The highest BCUT2D eigenvalue weighted by molar-refractivity contribution is 7.98. The van der Waals surface area contributed by atoms with Crippen LogP contribution in [0.2, 0.25) is 0 Å². The summed E-state index contributed by atoms with van der Waals surface area (Å²) in [7, 11) is 0. The first-order valence-electron chi connectivity index (χ1n) is 12.2. The summed E-state index contributed by atoms with van der Waals surface area (Å²) >= 11 is 1.56. The van der Waals surface area contributed by atoms with Crippen molar-refractivity contribution in [1.82, 2.24) is 25.6 Å². The topological polar surface area (TPSA) is 115 Å². The van der Waals surface area contributed by atoms with Crippen LogP contribution in [0.4, 0.5) is 4.79 Å². The van der Waals surface area contributed by atoms with E-state index in [1.54, 1.807) is 30.0 Å². The van der Waals surface area contributed by atoms with Crippen LogP contribution in [0.15, 0.2) is 84.9 Å². The summed E-state index contributed by atoms with van der Waals surface area (Å²) in [5.74, 6) is -0.250. The number of nitrogens with one attached hydrogen (secondary N) is 2. The van der Waals surface area contributed by atoms with Crippen LogP contribution in [0, 0.1) is 0 Å². The summed E-state index contributed by atoms with van der Waals surface area (Å²) in [5.41, 5.74) is 2.82. The molecule has 0 aliphatic heterocycles. The highest BCUT2D eigenvalue weighted by Gasteiger charge is 2.29. The number of rotatable bonds is 11. The number of alkyl carbamates (subject to hydrolysis) is 1. The molecule has 0 aliphatic rings. The van der Waals surface area contributed by atoms with E-state index in [9.17, 15) is 14.4 Å². The van der Waals surface area contributed by atoms with Crippen molar-refractivity contribution in [2.75, 3.05) is 12.0 Å². The predicted octanol–water partition coefficient (Wildman–Crippen LogP) is 3.85. The van der Waals surface area contributed by atoms with Gasteiger partial charge < -0.3 is 15.4 Å². The maximum absolute atomic E-state index is 13.5. The van der Waals surface area contributed by atoms with Gasteiger partial charge >= 0.3 is 6.09 Å². The highest BCUT2D eigenvalue weighted by Crippen LogP contribution is 2.13. The van der Waals surface area contributed by atoms with Crippen LogP contribution < -0.4 is 10.6 Å². The molecule has 0 spiro atoms. The molecule has 2 N–H and O–H groups in total. The van der Waals surface area contributed by atoms with Gasteiger partial charge in [-0.2, -0.15) is 16.4 Å². The fourth-order valence-corrected chi connectivity index (χ4v) is 4.38. The molecule has 0 saturated carbocycles. The summed E-state index contributed by atoms with van der Waals surface area (Å²) in [6.45, 7) is 0.0700. The fraction of sp³-hybridized carbons (Fsp3) is 0.250. The molecule has 10 heteroatoms. The fourth-order valence-electron chi connectivity index (χ4n) is 3.91. The van der Waals surface area contributed by atoms with Crippen molar-refractivity contribution in [2.24, 2.45) is 0 Å². The summed E-state index contributed by atoms with van der Waals surface area (Å²) in [6.07, 6.45) is 1.81. The molecule has 1 unspecified atom stereocenters. The molecule has 1 heterocycles. The van der Waals surface area contributed by atoms with E-state index in [-0.39, 0.29) is 13.0 Å². The molecule has 0 saturated heterocycles. The Kier molecular flexibility index (Phi) is 9.47. The Morgan fingerprint density at radius 3 is 2.24 bits per heavy atom. The van der Waals surface area contributed by atoms with Crippen molar-refractivity contribution >= 4 is 40.7 Å². The molecule has 0 bridgehead atoms. The molecule has 9 nitrogen and oxygen atoms in total. The largest absolute Gasteiger partial charge is 0.445 e. The van der Waals surface area contributed by atoms with Crippen molar-refractivity contribution in [3.05, 3.63) is 96.1 Å². The molecule has 3 aromatic carbocycles. The Hall–Kier alpha value is -4.18. The molecule has 4 aromatic rings. The van der Waals surface area contributed by atoms with Crippen LogP contribution in [0.3, 0.4) is 0 Å². The Morgan fingerprint density at radius 1 is 0.868 bits per heavy atom. The Labute approximate surface area is 224 Å². The minimum Gasteiger partial charge on any atom is -0.445 e. The van der Waals surface area contributed by atoms with Gasteiger partial charge in [0.1, 0.15) is 24.2 Å². The minimum absolute atomic E-state index is 0.0700. The van der Waals surface area contributed by atoms with Crippen molar-refractivity contribution in [1.29, 1.82) is 0 Å². The van der Waals surface area contributed by atoms with Gasteiger partial charge in [-0.3, -0.25) is 9.59 Å². The quantitative estimate of drug-likeness (QED) is 0.302. The van der Waals surface area contributed by atoms with Crippen LogP contribution in [0.5, 0.6) is 0 Å². The van der Waals surface area contributed by atoms with Crippen molar-refractivity contribution < 1.29 is 19.1 Å². The van der Waals surface area contributed by atoms with Gasteiger partial charge in [-0.05, 0) is 41.7 Å². The molecule has 4 rings (SSSR count). The van der Waals surface area contributed by atoms with Crippen LogP contribution >= 0.6 is 11.8 Å². The first kappa shape index (κ1) is 26.9. The molecular formula is C28H29N5O4S. The van der Waals surface area contributed by atoms with Gasteiger partial charge in [0.05, 0.1) is 5.52 Å². The van der Waals surface area contributed by atoms with E-state index in [4.69, 9.17) is 4.74 Å². The van der Waals surface area contributed by atoms with E-state index in [0.717, 1.165) is 11.1 Å². The first-order chi connectivity index (χ1) is 18.5. The first-order valence-corrected chi connectivity index (χ1v) is 13.6. The van der Waals surface area contributed by atoms with E-state index in [2.05, 4.69) is 20.9 Å². The highest BCUT2D eigenvalue weighted by atomic mass is 32.2. The normalized spacial score (nSPS) is 12.4. The lowest BCUT2D eigenvalue weighted by Gasteiger charge is -2.22. The number of fused-ring (bicyclic) bond motifs is 1. The summed E-state index contributed by atoms with van der Waals surface area (Å²) in [4.78, 5) is 39.6. The van der Waals surface area contributed by atoms with Crippen LogP contribution in [-0.2, 0) is 22.6 Å². The number of ether oxygens (including phenoxy) is 1. The van der Waals surface area contributed by atoms with Gasteiger partial charge in [0.25, 0.3) is 5.91 Å². The second-order valence-corrected chi connectivity index (χ2v) is 9.60. The molecule has 2 amide bonds. The minimum atomic E-state index is -0.960. The maximum atomic E-state index is 13.5. The zero-order chi connectivity index (χ0) is 26.7. The number of amides is 2. The third-order valence-corrected chi connectivity index (χ3v) is 6.53.